The molecule has 1 N–H and O–H groups in total. The highest BCUT2D eigenvalue weighted by Crippen LogP contribution is 2.52. The van der Waals surface area contributed by atoms with E-state index in [2.05, 4.69) is 28.9 Å². The maximum absolute atomic E-state index is 14.0. The number of hydrogen-bond acceptors (Lipinski definition) is 3. The number of benzene rings is 2. The van der Waals surface area contributed by atoms with Crippen molar-refractivity contribution in [2.24, 2.45) is 0 Å². The minimum absolute atomic E-state index is 0.194. The first-order chi connectivity index (χ1) is 14.5. The SMILES string of the molecule is CCOc1ccc(C#Cc2ccc3c(c2)C2(CC2)CN(CCCC(=O)O)C3)cc1F. The molecule has 0 radical (unpaired) electrons. The first-order valence-corrected chi connectivity index (χ1v) is 10.5. The summed E-state index contributed by atoms with van der Waals surface area (Å²) in [6.07, 6.45) is 3.23. The van der Waals surface area contributed by atoms with E-state index >= 15 is 0 Å². The van der Waals surface area contributed by atoms with Crippen molar-refractivity contribution in [3.8, 4) is 17.6 Å². The molecule has 0 unspecified atom stereocenters. The highest BCUT2D eigenvalue weighted by atomic mass is 19.1. The van der Waals surface area contributed by atoms with Gasteiger partial charge in [-0.05, 0) is 74.2 Å². The number of carbonyl (C=O) groups is 1. The van der Waals surface area contributed by atoms with E-state index < -0.39 is 11.8 Å². The third kappa shape index (κ3) is 4.49. The highest BCUT2D eigenvalue weighted by molar-refractivity contribution is 5.66. The van der Waals surface area contributed by atoms with Crippen molar-refractivity contribution >= 4 is 5.97 Å². The molecule has 2 aromatic rings. The molecule has 0 bridgehead atoms. The van der Waals surface area contributed by atoms with Gasteiger partial charge in [0.1, 0.15) is 0 Å². The Morgan fingerprint density at radius 3 is 2.60 bits per heavy atom. The summed E-state index contributed by atoms with van der Waals surface area (Å²) < 4.78 is 19.3. The van der Waals surface area contributed by atoms with Gasteiger partial charge >= 0.3 is 5.97 Å². The van der Waals surface area contributed by atoms with Gasteiger partial charge < -0.3 is 9.84 Å². The number of hydrogen-bond donors (Lipinski definition) is 1. The molecular weight excluding hydrogens is 381 g/mol. The van der Waals surface area contributed by atoms with E-state index in [1.165, 1.54) is 17.2 Å². The molecule has 4 rings (SSSR count). The summed E-state index contributed by atoms with van der Waals surface area (Å²) in [7, 11) is 0. The molecule has 1 saturated carbocycles. The van der Waals surface area contributed by atoms with Crippen LogP contribution in [0.25, 0.3) is 0 Å². The van der Waals surface area contributed by atoms with Gasteiger partial charge in [-0.2, -0.15) is 0 Å². The van der Waals surface area contributed by atoms with Crippen LogP contribution in [0.5, 0.6) is 5.75 Å². The van der Waals surface area contributed by atoms with E-state index in [1.807, 2.05) is 13.0 Å². The van der Waals surface area contributed by atoms with E-state index in [0.717, 1.165) is 38.0 Å². The summed E-state index contributed by atoms with van der Waals surface area (Å²) >= 11 is 0. The molecule has 1 aliphatic heterocycles. The smallest absolute Gasteiger partial charge is 0.303 e. The fourth-order valence-corrected chi connectivity index (χ4v) is 4.28. The third-order valence-electron chi connectivity index (χ3n) is 5.90. The number of rotatable bonds is 6. The predicted octanol–water partition coefficient (Wildman–Crippen LogP) is 4.34. The zero-order valence-electron chi connectivity index (χ0n) is 17.2. The molecule has 2 aliphatic rings. The van der Waals surface area contributed by atoms with Gasteiger partial charge in [0.15, 0.2) is 11.6 Å². The summed E-state index contributed by atoms with van der Waals surface area (Å²) in [5.74, 6) is 5.36. The average Bonchev–Trinajstić information content (AvgIpc) is 3.48. The minimum atomic E-state index is -0.732. The Hall–Kier alpha value is -2.84. The van der Waals surface area contributed by atoms with Crippen molar-refractivity contribution in [1.82, 2.24) is 4.90 Å². The number of nitrogens with zero attached hydrogens (tertiary/aromatic N) is 1. The highest BCUT2D eigenvalue weighted by Gasteiger charge is 2.48. The second kappa shape index (κ2) is 8.49. The molecule has 1 aliphatic carbocycles. The maximum atomic E-state index is 14.0. The van der Waals surface area contributed by atoms with Crippen molar-refractivity contribution < 1.29 is 19.0 Å². The fraction of sp³-hybridized carbons (Fsp3) is 0.400. The molecule has 2 aromatic carbocycles. The maximum Gasteiger partial charge on any atom is 0.303 e. The molecule has 0 amide bonds. The molecule has 0 saturated heterocycles. The number of carboxylic acid groups (broad SMARTS) is 1. The Morgan fingerprint density at radius 1 is 1.20 bits per heavy atom. The van der Waals surface area contributed by atoms with E-state index in [9.17, 15) is 9.18 Å². The Balaban J connectivity index is 1.50. The third-order valence-corrected chi connectivity index (χ3v) is 5.90. The molecule has 4 nitrogen and oxygen atoms in total. The Bertz CT molecular complexity index is 1020. The van der Waals surface area contributed by atoms with Crippen molar-refractivity contribution in [2.45, 2.75) is 44.6 Å². The van der Waals surface area contributed by atoms with Crippen LogP contribution in [0.15, 0.2) is 36.4 Å². The summed E-state index contributed by atoms with van der Waals surface area (Å²) in [6.45, 7) is 4.91. The van der Waals surface area contributed by atoms with Crippen LogP contribution in [0, 0.1) is 17.7 Å². The molecule has 5 heteroatoms. The van der Waals surface area contributed by atoms with E-state index in [0.29, 0.717) is 18.6 Å². The summed E-state index contributed by atoms with van der Waals surface area (Å²) in [6, 6.07) is 11.2. The molecule has 156 valence electrons. The lowest BCUT2D eigenvalue weighted by atomic mass is 9.85. The normalized spacial score (nSPS) is 16.5. The number of fused-ring (bicyclic) bond motifs is 2. The number of aliphatic carboxylic acids is 1. The molecule has 30 heavy (non-hydrogen) atoms. The standard InChI is InChI=1S/C25H26FNO3/c1-2-30-23-10-8-19(15-22(23)26)6-5-18-7-9-20-16-27(13-3-4-24(28)29)17-25(11-12-25)21(20)14-18/h7-10,14-15H,2-4,11-13,16-17H2,1H3,(H,28,29). The summed E-state index contributed by atoms with van der Waals surface area (Å²) in [4.78, 5) is 13.2. The predicted molar refractivity (Wildman–Crippen MR) is 113 cm³/mol. The lowest BCUT2D eigenvalue weighted by molar-refractivity contribution is -0.137. The zero-order valence-corrected chi connectivity index (χ0v) is 17.2. The van der Waals surface area contributed by atoms with Crippen LogP contribution in [0.3, 0.4) is 0 Å². The van der Waals surface area contributed by atoms with Crippen LogP contribution in [0.1, 0.15) is 54.9 Å². The molecule has 1 heterocycles. The van der Waals surface area contributed by atoms with Gasteiger partial charge in [0, 0.05) is 36.1 Å². The first-order valence-electron chi connectivity index (χ1n) is 10.5. The Labute approximate surface area is 176 Å². The second-order valence-corrected chi connectivity index (χ2v) is 8.19. The zero-order chi connectivity index (χ0) is 21.1. The lowest BCUT2D eigenvalue weighted by Crippen LogP contribution is -2.38. The molecule has 0 atom stereocenters. The van der Waals surface area contributed by atoms with Gasteiger partial charge in [-0.1, -0.05) is 17.9 Å². The molecular formula is C25H26FNO3. The number of halogens is 1. The van der Waals surface area contributed by atoms with Crippen LogP contribution in [-0.2, 0) is 16.8 Å². The van der Waals surface area contributed by atoms with Gasteiger partial charge in [-0.3, -0.25) is 9.69 Å². The average molecular weight is 407 g/mol. The van der Waals surface area contributed by atoms with Gasteiger partial charge in [-0.25, -0.2) is 4.39 Å². The Morgan fingerprint density at radius 2 is 1.93 bits per heavy atom. The lowest BCUT2D eigenvalue weighted by Gasteiger charge is -2.35. The largest absolute Gasteiger partial charge is 0.491 e. The van der Waals surface area contributed by atoms with Gasteiger partial charge in [0.25, 0.3) is 0 Å². The van der Waals surface area contributed by atoms with Gasteiger partial charge in [0.2, 0.25) is 0 Å². The van der Waals surface area contributed by atoms with Crippen molar-refractivity contribution in [3.63, 3.8) is 0 Å². The van der Waals surface area contributed by atoms with Crippen molar-refractivity contribution in [3.05, 3.63) is 64.5 Å². The van der Waals surface area contributed by atoms with E-state index in [4.69, 9.17) is 9.84 Å². The Kier molecular flexibility index (Phi) is 5.78. The molecule has 0 aromatic heterocycles. The quantitative estimate of drug-likeness (QED) is 0.724. The van der Waals surface area contributed by atoms with Crippen LogP contribution in [0.2, 0.25) is 0 Å². The second-order valence-electron chi connectivity index (χ2n) is 8.19. The van der Waals surface area contributed by atoms with Crippen molar-refractivity contribution in [2.75, 3.05) is 19.7 Å². The minimum Gasteiger partial charge on any atom is -0.491 e. The van der Waals surface area contributed by atoms with Crippen molar-refractivity contribution in [1.29, 1.82) is 0 Å². The topological polar surface area (TPSA) is 49.8 Å². The first kappa shape index (κ1) is 20.4. The summed E-state index contributed by atoms with van der Waals surface area (Å²) in [5, 5.41) is 8.87. The number of ether oxygens (including phenoxy) is 1. The van der Waals surface area contributed by atoms with Crippen LogP contribution in [-0.4, -0.2) is 35.7 Å². The number of carboxylic acids is 1. The van der Waals surface area contributed by atoms with Crippen LogP contribution < -0.4 is 4.74 Å². The van der Waals surface area contributed by atoms with Crippen LogP contribution >= 0.6 is 0 Å². The van der Waals surface area contributed by atoms with Gasteiger partial charge in [0.05, 0.1) is 6.61 Å². The summed E-state index contributed by atoms with van der Waals surface area (Å²) in [5.41, 5.74) is 4.45. The van der Waals surface area contributed by atoms with Gasteiger partial charge in [-0.15, -0.1) is 0 Å². The fourth-order valence-electron chi connectivity index (χ4n) is 4.28. The molecule has 1 fully saturated rings. The molecule has 1 spiro atoms. The monoisotopic (exact) mass is 407 g/mol. The van der Waals surface area contributed by atoms with E-state index in [1.54, 1.807) is 12.1 Å². The van der Waals surface area contributed by atoms with Crippen LogP contribution in [0.4, 0.5) is 4.39 Å². The van der Waals surface area contributed by atoms with E-state index in [-0.39, 0.29) is 17.6 Å².